The van der Waals surface area contributed by atoms with Crippen molar-refractivity contribution in [3.05, 3.63) is 59.3 Å². The predicted octanol–water partition coefficient (Wildman–Crippen LogP) is 2.51. The monoisotopic (exact) mass is 445 g/mol. The SMILES string of the molecule is Cc1c(C#N)cccc1-c1nc(N)c(F)c(-c2cn(Cc3ccn(C4CCOC4)n3)nn2)n1. The molecular weight excluding hydrogens is 425 g/mol. The molecule has 4 heterocycles. The number of ether oxygens (including phenoxy) is 1. The number of nitrogens with zero attached hydrogens (tertiary/aromatic N) is 8. The first-order valence-electron chi connectivity index (χ1n) is 10.4. The van der Waals surface area contributed by atoms with Crippen molar-refractivity contribution in [3.8, 4) is 28.8 Å². The van der Waals surface area contributed by atoms with Crippen molar-refractivity contribution in [1.29, 1.82) is 5.26 Å². The van der Waals surface area contributed by atoms with E-state index in [0.29, 0.717) is 29.8 Å². The van der Waals surface area contributed by atoms with Gasteiger partial charge in [-0.1, -0.05) is 17.3 Å². The fourth-order valence-electron chi connectivity index (χ4n) is 3.80. The van der Waals surface area contributed by atoms with E-state index in [1.54, 1.807) is 36.0 Å². The zero-order chi connectivity index (χ0) is 22.9. The largest absolute Gasteiger partial charge is 0.381 e. The molecule has 2 N–H and O–H groups in total. The summed E-state index contributed by atoms with van der Waals surface area (Å²) in [6.07, 6.45) is 4.44. The molecule has 0 saturated carbocycles. The quantitative estimate of drug-likeness (QED) is 0.495. The molecule has 0 amide bonds. The molecule has 1 aliphatic rings. The van der Waals surface area contributed by atoms with Crippen LogP contribution in [-0.2, 0) is 11.3 Å². The summed E-state index contributed by atoms with van der Waals surface area (Å²) in [5.41, 5.74) is 8.56. The molecule has 0 spiro atoms. The Bertz CT molecular complexity index is 1360. The molecule has 1 fully saturated rings. The Morgan fingerprint density at radius 3 is 2.97 bits per heavy atom. The van der Waals surface area contributed by atoms with Crippen LogP contribution in [0.15, 0.2) is 36.7 Å². The molecule has 166 valence electrons. The molecule has 1 aromatic carbocycles. The number of hydrogen-bond donors (Lipinski definition) is 1. The average Bonchev–Trinajstić information content (AvgIpc) is 3.58. The Balaban J connectivity index is 1.44. The summed E-state index contributed by atoms with van der Waals surface area (Å²) in [7, 11) is 0. The predicted molar refractivity (Wildman–Crippen MR) is 116 cm³/mol. The summed E-state index contributed by atoms with van der Waals surface area (Å²) >= 11 is 0. The molecule has 4 aromatic rings. The van der Waals surface area contributed by atoms with Crippen molar-refractivity contribution in [2.45, 2.75) is 25.9 Å². The lowest BCUT2D eigenvalue weighted by Crippen LogP contribution is -2.10. The van der Waals surface area contributed by atoms with Crippen LogP contribution >= 0.6 is 0 Å². The van der Waals surface area contributed by atoms with Gasteiger partial charge in [-0.3, -0.25) is 4.68 Å². The Labute approximate surface area is 188 Å². The van der Waals surface area contributed by atoms with Gasteiger partial charge in [0.15, 0.2) is 17.5 Å². The summed E-state index contributed by atoms with van der Waals surface area (Å²) in [5.74, 6) is -0.861. The van der Waals surface area contributed by atoms with E-state index in [1.807, 2.05) is 16.9 Å². The second-order valence-corrected chi connectivity index (χ2v) is 7.79. The number of rotatable bonds is 5. The van der Waals surface area contributed by atoms with Gasteiger partial charge in [0.05, 0.1) is 42.7 Å². The van der Waals surface area contributed by atoms with Gasteiger partial charge in [0.2, 0.25) is 0 Å². The highest BCUT2D eigenvalue weighted by molar-refractivity contribution is 5.69. The molecule has 1 saturated heterocycles. The Kier molecular flexibility index (Phi) is 5.27. The zero-order valence-electron chi connectivity index (χ0n) is 17.8. The lowest BCUT2D eigenvalue weighted by atomic mass is 10.0. The van der Waals surface area contributed by atoms with Crippen molar-refractivity contribution >= 4 is 5.82 Å². The maximum Gasteiger partial charge on any atom is 0.193 e. The maximum absolute atomic E-state index is 14.8. The van der Waals surface area contributed by atoms with Crippen molar-refractivity contribution in [1.82, 2.24) is 34.7 Å². The molecule has 1 unspecified atom stereocenters. The van der Waals surface area contributed by atoms with E-state index in [-0.39, 0.29) is 29.1 Å². The smallest absolute Gasteiger partial charge is 0.193 e. The average molecular weight is 445 g/mol. The van der Waals surface area contributed by atoms with Gasteiger partial charge >= 0.3 is 0 Å². The second kappa shape index (κ2) is 8.40. The minimum atomic E-state index is -0.773. The van der Waals surface area contributed by atoms with E-state index in [4.69, 9.17) is 10.5 Å². The topological polar surface area (TPSA) is 133 Å². The van der Waals surface area contributed by atoms with Gasteiger partial charge in [-0.15, -0.1) is 5.10 Å². The lowest BCUT2D eigenvalue weighted by Gasteiger charge is -2.09. The molecule has 0 radical (unpaired) electrons. The molecule has 1 aliphatic heterocycles. The summed E-state index contributed by atoms with van der Waals surface area (Å²) in [5, 5.41) is 22.1. The highest BCUT2D eigenvalue weighted by Gasteiger charge is 2.21. The van der Waals surface area contributed by atoms with Crippen LogP contribution in [0.1, 0.15) is 29.3 Å². The van der Waals surface area contributed by atoms with Crippen molar-refractivity contribution in [2.24, 2.45) is 0 Å². The van der Waals surface area contributed by atoms with Gasteiger partial charge < -0.3 is 10.5 Å². The molecule has 5 rings (SSSR count). The van der Waals surface area contributed by atoms with Gasteiger partial charge in [-0.25, -0.2) is 19.0 Å². The van der Waals surface area contributed by atoms with Crippen LogP contribution in [0.4, 0.5) is 10.2 Å². The number of aromatic nitrogens is 7. The van der Waals surface area contributed by atoms with E-state index < -0.39 is 5.82 Å². The van der Waals surface area contributed by atoms with Crippen LogP contribution < -0.4 is 5.73 Å². The molecule has 11 heteroatoms. The minimum absolute atomic E-state index is 0.0563. The van der Waals surface area contributed by atoms with Crippen LogP contribution in [0.5, 0.6) is 0 Å². The summed E-state index contributed by atoms with van der Waals surface area (Å²) < 4.78 is 23.7. The number of halogens is 1. The van der Waals surface area contributed by atoms with E-state index >= 15 is 0 Å². The first-order chi connectivity index (χ1) is 16.0. The molecule has 33 heavy (non-hydrogen) atoms. The molecule has 10 nitrogen and oxygen atoms in total. The molecule has 0 bridgehead atoms. The number of anilines is 1. The van der Waals surface area contributed by atoms with E-state index in [2.05, 4.69) is 31.4 Å². The first-order valence-corrected chi connectivity index (χ1v) is 10.4. The number of hydrogen-bond acceptors (Lipinski definition) is 8. The molecule has 0 aliphatic carbocycles. The summed E-state index contributed by atoms with van der Waals surface area (Å²) in [6.45, 7) is 3.54. The third-order valence-electron chi connectivity index (χ3n) is 5.62. The number of nitriles is 1. The van der Waals surface area contributed by atoms with E-state index in [9.17, 15) is 9.65 Å². The number of nitrogen functional groups attached to an aromatic ring is 1. The Morgan fingerprint density at radius 2 is 2.18 bits per heavy atom. The van der Waals surface area contributed by atoms with Crippen LogP contribution in [0.25, 0.3) is 22.8 Å². The standard InChI is InChI=1S/C22H20FN9O/c1-13-14(9-24)3-2-4-17(13)22-26-20(19(23)21(25)27-22)18-11-31(30-28-18)10-15-5-7-32(29-15)16-6-8-33-12-16/h2-5,7,11,16H,6,8,10,12H2,1H3,(H2,25,26,27). The van der Waals surface area contributed by atoms with Crippen molar-refractivity contribution in [3.63, 3.8) is 0 Å². The molecular formula is C22H20FN9O. The van der Waals surface area contributed by atoms with Crippen LogP contribution in [0, 0.1) is 24.1 Å². The van der Waals surface area contributed by atoms with E-state index in [1.165, 1.54) is 0 Å². The van der Waals surface area contributed by atoms with Gasteiger partial charge in [0.25, 0.3) is 0 Å². The van der Waals surface area contributed by atoms with Gasteiger partial charge in [0, 0.05) is 18.4 Å². The molecule has 1 atom stereocenters. The number of nitrogens with two attached hydrogens (primary N) is 1. The second-order valence-electron chi connectivity index (χ2n) is 7.79. The fourth-order valence-corrected chi connectivity index (χ4v) is 3.80. The Morgan fingerprint density at radius 1 is 1.30 bits per heavy atom. The van der Waals surface area contributed by atoms with Crippen LogP contribution in [0.2, 0.25) is 0 Å². The van der Waals surface area contributed by atoms with Gasteiger partial charge in [-0.2, -0.15) is 10.4 Å². The third-order valence-corrected chi connectivity index (χ3v) is 5.62. The highest BCUT2D eigenvalue weighted by atomic mass is 19.1. The van der Waals surface area contributed by atoms with Crippen molar-refractivity contribution < 1.29 is 9.13 Å². The fraction of sp³-hybridized carbons (Fsp3) is 0.273. The van der Waals surface area contributed by atoms with Gasteiger partial charge in [-0.05, 0) is 31.0 Å². The lowest BCUT2D eigenvalue weighted by molar-refractivity contribution is 0.184. The highest BCUT2D eigenvalue weighted by Crippen LogP contribution is 2.28. The minimum Gasteiger partial charge on any atom is -0.381 e. The van der Waals surface area contributed by atoms with Gasteiger partial charge in [0.1, 0.15) is 11.4 Å². The Hall–Kier alpha value is -4.17. The summed E-state index contributed by atoms with van der Waals surface area (Å²) in [6, 6.07) is 9.44. The maximum atomic E-state index is 14.8. The van der Waals surface area contributed by atoms with Crippen molar-refractivity contribution in [2.75, 3.05) is 18.9 Å². The number of benzene rings is 1. The summed E-state index contributed by atoms with van der Waals surface area (Å²) in [4.78, 5) is 8.45. The van der Waals surface area contributed by atoms with Crippen LogP contribution in [0.3, 0.4) is 0 Å². The zero-order valence-corrected chi connectivity index (χ0v) is 17.8. The van der Waals surface area contributed by atoms with E-state index in [0.717, 1.165) is 18.7 Å². The third kappa shape index (κ3) is 3.92. The molecule has 3 aromatic heterocycles. The normalized spacial score (nSPS) is 15.6. The van der Waals surface area contributed by atoms with Crippen LogP contribution in [-0.4, -0.2) is 48.0 Å². The first kappa shape index (κ1) is 20.7.